The average Bonchev–Trinajstić information content (AvgIpc) is 3.21. The molecule has 0 radical (unpaired) electrons. The maximum absolute atomic E-state index is 12.8. The summed E-state index contributed by atoms with van der Waals surface area (Å²) in [7, 11) is 0. The maximum atomic E-state index is 12.8. The van der Waals surface area contributed by atoms with E-state index in [9.17, 15) is 19.6 Å². The lowest BCUT2D eigenvalue weighted by Gasteiger charge is -2.21. The number of nitrogens with one attached hydrogen (secondary N) is 2. The molecule has 1 aromatic heterocycles. The molecule has 7 nitrogen and oxygen atoms in total. The average molecular weight is 518 g/mol. The molecular weight excluding hydrogens is 486 g/mol. The Balaban J connectivity index is 1.35. The highest BCUT2D eigenvalue weighted by atomic mass is 32.1. The van der Waals surface area contributed by atoms with E-state index in [4.69, 9.17) is 4.74 Å². The number of carbonyl (C=O) groups excluding carboxylic acids is 3. The molecule has 4 rings (SSSR count). The number of carbonyl (C=O) groups is 3. The first kappa shape index (κ1) is 26.4. The van der Waals surface area contributed by atoms with Gasteiger partial charge in [-0.2, -0.15) is 5.26 Å². The van der Waals surface area contributed by atoms with Crippen molar-refractivity contribution in [2.75, 3.05) is 11.9 Å². The van der Waals surface area contributed by atoms with Gasteiger partial charge in [0.05, 0.1) is 12.0 Å². The maximum Gasteiger partial charge on any atom is 0.329 e. The Bertz CT molecular complexity index is 1370. The molecule has 192 valence electrons. The molecule has 2 atom stereocenters. The van der Waals surface area contributed by atoms with Crippen molar-refractivity contribution in [1.82, 2.24) is 5.32 Å². The van der Waals surface area contributed by atoms with Crippen LogP contribution >= 0.6 is 11.3 Å². The molecule has 0 aliphatic heterocycles. The monoisotopic (exact) mass is 517 g/mol. The summed E-state index contributed by atoms with van der Waals surface area (Å²) in [5.41, 5.74) is 2.39. The van der Waals surface area contributed by atoms with Gasteiger partial charge >= 0.3 is 5.97 Å². The molecule has 3 aromatic rings. The van der Waals surface area contributed by atoms with Crippen LogP contribution in [0.3, 0.4) is 0 Å². The largest absolute Gasteiger partial charge is 0.454 e. The van der Waals surface area contributed by atoms with Gasteiger partial charge in [-0.3, -0.25) is 9.59 Å². The van der Waals surface area contributed by atoms with Gasteiger partial charge in [0.1, 0.15) is 17.1 Å². The first-order chi connectivity index (χ1) is 17.8. The first-order valence-electron chi connectivity index (χ1n) is 12.5. The predicted octanol–water partition coefficient (Wildman–Crippen LogP) is 4.76. The van der Waals surface area contributed by atoms with Crippen LogP contribution in [0, 0.1) is 23.2 Å². The Morgan fingerprint density at radius 1 is 1.14 bits per heavy atom. The fourth-order valence-electron chi connectivity index (χ4n) is 4.69. The van der Waals surface area contributed by atoms with Gasteiger partial charge < -0.3 is 15.4 Å². The number of anilines is 1. The van der Waals surface area contributed by atoms with Crippen LogP contribution in [0.25, 0.3) is 10.8 Å². The smallest absolute Gasteiger partial charge is 0.329 e. The number of ether oxygens (including phenoxy) is 1. The van der Waals surface area contributed by atoms with Crippen molar-refractivity contribution in [1.29, 1.82) is 5.26 Å². The third-order valence-corrected chi connectivity index (χ3v) is 7.86. The highest BCUT2D eigenvalue weighted by Gasteiger charge is 2.28. The Hall–Kier alpha value is -3.70. The van der Waals surface area contributed by atoms with Gasteiger partial charge in [-0.05, 0) is 53.0 Å². The van der Waals surface area contributed by atoms with E-state index in [1.54, 1.807) is 13.8 Å². The second-order valence-electron chi connectivity index (χ2n) is 9.93. The van der Waals surface area contributed by atoms with E-state index in [-0.39, 0.29) is 18.2 Å². The number of nitrogens with zero attached hydrogens (tertiary/aromatic N) is 1. The number of nitriles is 1. The lowest BCUT2D eigenvalue weighted by atomic mass is 9.89. The van der Waals surface area contributed by atoms with Crippen molar-refractivity contribution in [2.24, 2.45) is 11.8 Å². The minimum Gasteiger partial charge on any atom is -0.454 e. The van der Waals surface area contributed by atoms with Crippen LogP contribution in [0.5, 0.6) is 0 Å². The third kappa shape index (κ3) is 6.17. The van der Waals surface area contributed by atoms with E-state index in [2.05, 4.69) is 23.6 Å². The second-order valence-corrected chi connectivity index (χ2v) is 11.0. The summed E-state index contributed by atoms with van der Waals surface area (Å²) in [4.78, 5) is 39.3. The van der Waals surface area contributed by atoms with E-state index in [1.807, 2.05) is 42.5 Å². The summed E-state index contributed by atoms with van der Waals surface area (Å²) < 4.78 is 5.27. The van der Waals surface area contributed by atoms with Crippen LogP contribution in [0.2, 0.25) is 0 Å². The van der Waals surface area contributed by atoms with Gasteiger partial charge in [0, 0.05) is 4.88 Å². The van der Waals surface area contributed by atoms with Crippen molar-refractivity contribution in [3.63, 3.8) is 0 Å². The van der Waals surface area contributed by atoms with Crippen LogP contribution in [0.1, 0.15) is 48.8 Å². The van der Waals surface area contributed by atoms with E-state index in [1.165, 1.54) is 11.3 Å². The predicted molar refractivity (Wildman–Crippen MR) is 144 cm³/mol. The molecule has 8 heteroatoms. The number of hydrogen-bond donors (Lipinski definition) is 2. The summed E-state index contributed by atoms with van der Waals surface area (Å²) in [6.45, 7) is 5.30. The summed E-state index contributed by atoms with van der Waals surface area (Å²) in [5, 5.41) is 17.7. The number of hydrogen-bond acceptors (Lipinski definition) is 6. The van der Waals surface area contributed by atoms with Gasteiger partial charge in [-0.1, -0.05) is 63.2 Å². The molecule has 0 fully saturated rings. The topological polar surface area (TPSA) is 108 Å². The standard InChI is InChI=1S/C29H31N3O4S/c1-17(2)27(31-25(33)14-20-9-6-8-19-7-4-5-10-21(19)20)29(35)36-16-26(34)32-28-23(15-30)22-12-11-18(3)13-24(22)37-28/h4-10,17-18,27H,11-14,16H2,1-3H3,(H,31,33)(H,32,34)/t18-,27+/m0/s1. The summed E-state index contributed by atoms with van der Waals surface area (Å²) in [6, 6.07) is 14.9. The third-order valence-electron chi connectivity index (χ3n) is 6.69. The number of amides is 2. The quantitative estimate of drug-likeness (QED) is 0.419. The lowest BCUT2D eigenvalue weighted by molar-refractivity contribution is -0.151. The fourth-order valence-corrected chi connectivity index (χ4v) is 6.07. The van der Waals surface area contributed by atoms with Gasteiger partial charge in [-0.25, -0.2) is 4.79 Å². The number of benzene rings is 2. The minimum atomic E-state index is -0.888. The van der Waals surface area contributed by atoms with Gasteiger partial charge in [0.2, 0.25) is 5.91 Å². The fraction of sp³-hybridized carbons (Fsp3) is 0.379. The highest BCUT2D eigenvalue weighted by molar-refractivity contribution is 7.16. The van der Waals surface area contributed by atoms with E-state index < -0.39 is 24.5 Å². The zero-order valence-corrected chi connectivity index (χ0v) is 22.1. The van der Waals surface area contributed by atoms with Crippen LogP contribution in [-0.2, 0) is 38.4 Å². The number of esters is 1. The SMILES string of the molecule is CC(C)[C@@H](NC(=O)Cc1cccc2ccccc12)C(=O)OCC(=O)Nc1sc2c(c1C#N)CC[C@H](C)C2. The zero-order chi connectivity index (χ0) is 26.5. The van der Waals surface area contributed by atoms with E-state index in [0.717, 1.165) is 46.0 Å². The molecule has 0 bridgehead atoms. The molecule has 2 amide bonds. The summed E-state index contributed by atoms with van der Waals surface area (Å²) >= 11 is 1.42. The first-order valence-corrected chi connectivity index (χ1v) is 13.4. The highest BCUT2D eigenvalue weighted by Crippen LogP contribution is 2.39. The van der Waals surface area contributed by atoms with Crippen LogP contribution in [0.15, 0.2) is 42.5 Å². The number of thiophene rings is 1. The Morgan fingerprint density at radius 3 is 2.65 bits per heavy atom. The van der Waals surface area contributed by atoms with Crippen molar-refractivity contribution in [3.05, 3.63) is 64.0 Å². The van der Waals surface area contributed by atoms with Gasteiger partial charge in [-0.15, -0.1) is 11.3 Å². The Morgan fingerprint density at radius 2 is 1.89 bits per heavy atom. The molecule has 0 saturated heterocycles. The normalized spacial score (nSPS) is 15.5. The molecular formula is C29H31N3O4S. The van der Waals surface area contributed by atoms with Crippen LogP contribution < -0.4 is 10.6 Å². The van der Waals surface area contributed by atoms with Crippen molar-refractivity contribution in [3.8, 4) is 6.07 Å². The molecule has 2 aromatic carbocycles. The lowest BCUT2D eigenvalue weighted by Crippen LogP contribution is -2.46. The summed E-state index contributed by atoms with van der Waals surface area (Å²) in [5.74, 6) is -1.17. The molecule has 1 aliphatic rings. The molecule has 1 aliphatic carbocycles. The minimum absolute atomic E-state index is 0.122. The van der Waals surface area contributed by atoms with Crippen molar-refractivity contribution in [2.45, 2.75) is 52.5 Å². The van der Waals surface area contributed by atoms with Gasteiger partial charge in [0.25, 0.3) is 5.91 Å². The van der Waals surface area contributed by atoms with E-state index in [0.29, 0.717) is 16.5 Å². The van der Waals surface area contributed by atoms with Crippen LogP contribution in [0.4, 0.5) is 5.00 Å². The summed E-state index contributed by atoms with van der Waals surface area (Å²) in [6.07, 6.45) is 2.87. The van der Waals surface area contributed by atoms with Crippen LogP contribution in [-0.4, -0.2) is 30.4 Å². The molecule has 0 spiro atoms. The molecule has 2 N–H and O–H groups in total. The number of rotatable bonds is 8. The molecule has 1 heterocycles. The Kier molecular flexibility index (Phi) is 8.24. The van der Waals surface area contributed by atoms with E-state index >= 15 is 0 Å². The van der Waals surface area contributed by atoms with Gasteiger partial charge in [0.15, 0.2) is 6.61 Å². The second kappa shape index (κ2) is 11.6. The van der Waals surface area contributed by atoms with Crippen molar-refractivity contribution < 1.29 is 19.1 Å². The van der Waals surface area contributed by atoms with Crippen molar-refractivity contribution >= 4 is 44.9 Å². The number of fused-ring (bicyclic) bond motifs is 2. The molecule has 0 saturated carbocycles. The Labute approximate surface area is 220 Å². The molecule has 0 unspecified atom stereocenters. The molecule has 37 heavy (non-hydrogen) atoms. The zero-order valence-electron chi connectivity index (χ0n) is 21.3.